The fourth-order valence-electron chi connectivity index (χ4n) is 1.55. The average Bonchev–Trinajstić information content (AvgIpc) is 2.04. The van der Waals surface area contributed by atoms with Gasteiger partial charge in [0.2, 0.25) is 0 Å². The molecule has 0 amide bonds. The lowest BCUT2D eigenvalue weighted by molar-refractivity contribution is -0.864. The molecule has 0 bridgehead atoms. The van der Waals surface area contributed by atoms with Gasteiger partial charge in [-0.3, -0.25) is 0 Å². The molecule has 1 aromatic rings. The van der Waals surface area contributed by atoms with Crippen molar-refractivity contribution in [1.82, 2.24) is 0 Å². The van der Waals surface area contributed by atoms with E-state index in [1.165, 1.54) is 11.1 Å². The van der Waals surface area contributed by atoms with Gasteiger partial charge in [0, 0.05) is 12.0 Å². The van der Waals surface area contributed by atoms with Crippen molar-refractivity contribution in [3.8, 4) is 0 Å². The van der Waals surface area contributed by atoms with Crippen LogP contribution in [0.1, 0.15) is 11.1 Å². The van der Waals surface area contributed by atoms with Crippen LogP contribution in [0.25, 0.3) is 0 Å². The number of benzene rings is 1. The van der Waals surface area contributed by atoms with Crippen molar-refractivity contribution >= 4 is 0 Å². The van der Waals surface area contributed by atoms with Gasteiger partial charge in [-0.05, 0) is 5.56 Å². The molecule has 0 aliphatic carbocycles. The third-order valence-corrected chi connectivity index (χ3v) is 2.18. The Morgan fingerprint density at radius 1 is 1.18 bits per heavy atom. The van der Waals surface area contributed by atoms with Crippen LogP contribution in [0.5, 0.6) is 0 Å². The minimum atomic E-state index is 0.378. The summed E-state index contributed by atoms with van der Waals surface area (Å²) in [5.74, 6) is 0. The fourth-order valence-corrected chi connectivity index (χ4v) is 1.55. The Balaban J connectivity index is 2.34. The second-order valence-corrected chi connectivity index (χ2v) is 2.98. The first-order valence-corrected chi connectivity index (χ1v) is 3.95. The van der Waals surface area contributed by atoms with E-state index in [0.717, 1.165) is 13.0 Å². The summed E-state index contributed by atoms with van der Waals surface area (Å²) in [6, 6.07) is 8.19. The first kappa shape index (κ1) is 6.83. The van der Waals surface area contributed by atoms with Crippen molar-refractivity contribution < 1.29 is 5.06 Å². The monoisotopic (exact) mass is 149 g/mol. The summed E-state index contributed by atoms with van der Waals surface area (Å²) in [6.45, 7) is 1.38. The van der Waals surface area contributed by atoms with Crippen LogP contribution in [-0.2, 0) is 13.0 Å². The van der Waals surface area contributed by atoms with Gasteiger partial charge in [0.25, 0.3) is 0 Å². The van der Waals surface area contributed by atoms with E-state index >= 15 is 0 Å². The summed E-state index contributed by atoms with van der Waals surface area (Å²) in [6.07, 6.45) is 0.939. The molecule has 1 heterocycles. The second-order valence-electron chi connectivity index (χ2n) is 2.98. The number of nitrogens with one attached hydrogen (secondary N) is 1. The van der Waals surface area contributed by atoms with Gasteiger partial charge >= 0.3 is 0 Å². The Hall–Kier alpha value is -0.860. The maximum Gasteiger partial charge on any atom is 0.103 e. The van der Waals surface area contributed by atoms with Crippen LogP contribution in [0.4, 0.5) is 0 Å². The molecule has 0 aromatic heterocycles. The molecule has 1 N–H and O–H groups in total. The van der Waals surface area contributed by atoms with E-state index in [-0.39, 0.29) is 0 Å². The van der Waals surface area contributed by atoms with Crippen LogP contribution in [0.3, 0.4) is 0 Å². The Morgan fingerprint density at radius 2 is 1.91 bits per heavy atom. The molecule has 58 valence electrons. The van der Waals surface area contributed by atoms with E-state index in [1.54, 1.807) is 0 Å². The van der Waals surface area contributed by atoms with Crippen molar-refractivity contribution in [2.24, 2.45) is 0 Å². The van der Waals surface area contributed by atoms with Gasteiger partial charge in [-0.2, -0.15) is 0 Å². The van der Waals surface area contributed by atoms with Crippen molar-refractivity contribution in [1.29, 1.82) is 0 Å². The summed E-state index contributed by atoms with van der Waals surface area (Å²) in [5.41, 5.74) is 2.58. The second kappa shape index (κ2) is 2.64. The van der Waals surface area contributed by atoms with E-state index in [9.17, 15) is 5.21 Å². The lowest BCUT2D eigenvalue weighted by Gasteiger charge is -2.28. The molecule has 1 aliphatic rings. The predicted molar refractivity (Wildman–Crippen MR) is 43.0 cm³/mol. The van der Waals surface area contributed by atoms with Crippen molar-refractivity contribution in [3.05, 3.63) is 40.6 Å². The molecule has 0 saturated carbocycles. The lowest BCUT2D eigenvalue weighted by atomic mass is 10.0. The molecule has 0 fully saturated rings. The maximum absolute atomic E-state index is 11.0. The molecular weight excluding hydrogens is 138 g/mol. The van der Waals surface area contributed by atoms with Gasteiger partial charge in [0.1, 0.15) is 6.54 Å². The van der Waals surface area contributed by atoms with E-state index in [4.69, 9.17) is 0 Å². The van der Waals surface area contributed by atoms with Crippen LogP contribution in [0.2, 0.25) is 0 Å². The molecule has 0 saturated heterocycles. The van der Waals surface area contributed by atoms with Gasteiger partial charge in [0.05, 0.1) is 6.54 Å². The molecule has 1 aromatic carbocycles. The van der Waals surface area contributed by atoms with Crippen molar-refractivity contribution in [2.45, 2.75) is 13.0 Å². The average molecular weight is 149 g/mol. The Morgan fingerprint density at radius 3 is 2.73 bits per heavy atom. The summed E-state index contributed by atoms with van der Waals surface area (Å²) < 4.78 is 0. The number of hydrogen-bond donors (Lipinski definition) is 1. The van der Waals surface area contributed by atoms with Crippen LogP contribution < -0.4 is 5.06 Å². The highest BCUT2D eigenvalue weighted by atomic mass is 16.5. The van der Waals surface area contributed by atoms with Crippen LogP contribution >= 0.6 is 0 Å². The third-order valence-electron chi connectivity index (χ3n) is 2.18. The fraction of sp³-hybridized carbons (Fsp3) is 0.333. The molecule has 0 spiro atoms. The van der Waals surface area contributed by atoms with Gasteiger partial charge < -0.3 is 10.3 Å². The van der Waals surface area contributed by atoms with Crippen LogP contribution in [0, 0.1) is 5.21 Å². The van der Waals surface area contributed by atoms with E-state index in [0.29, 0.717) is 11.6 Å². The molecule has 1 aliphatic heterocycles. The van der Waals surface area contributed by atoms with Crippen LogP contribution in [0.15, 0.2) is 24.3 Å². The van der Waals surface area contributed by atoms with Crippen molar-refractivity contribution in [3.63, 3.8) is 0 Å². The number of quaternary nitrogens is 1. The molecule has 1 atom stereocenters. The van der Waals surface area contributed by atoms with Gasteiger partial charge in [0.15, 0.2) is 0 Å². The summed E-state index contributed by atoms with van der Waals surface area (Å²) in [4.78, 5) is 0. The van der Waals surface area contributed by atoms with Crippen LogP contribution in [-0.4, -0.2) is 6.54 Å². The van der Waals surface area contributed by atoms with Crippen molar-refractivity contribution in [2.75, 3.05) is 6.54 Å². The zero-order chi connectivity index (χ0) is 7.68. The molecule has 11 heavy (non-hydrogen) atoms. The van der Waals surface area contributed by atoms with Gasteiger partial charge in [-0.1, -0.05) is 24.3 Å². The predicted octanol–water partition coefficient (Wildman–Crippen LogP) is 0.125. The minimum absolute atomic E-state index is 0.378. The first-order chi connectivity index (χ1) is 5.36. The maximum atomic E-state index is 11.0. The van der Waals surface area contributed by atoms with E-state index < -0.39 is 0 Å². The Bertz CT molecular complexity index is 259. The summed E-state index contributed by atoms with van der Waals surface area (Å²) in [7, 11) is 0. The number of hydroxylamine groups is 2. The molecule has 2 rings (SSSR count). The quantitative estimate of drug-likeness (QED) is 0.521. The van der Waals surface area contributed by atoms with E-state index in [2.05, 4.69) is 6.07 Å². The Labute approximate surface area is 66.0 Å². The number of fused-ring (bicyclic) bond motifs is 1. The zero-order valence-electron chi connectivity index (χ0n) is 6.34. The molecule has 1 unspecified atom stereocenters. The molecule has 2 heteroatoms. The smallest absolute Gasteiger partial charge is 0.103 e. The molecular formula is C9H11NO. The summed E-state index contributed by atoms with van der Waals surface area (Å²) >= 11 is 0. The SMILES string of the molecule is [O-][NH+]1CCc2ccccc2C1. The normalized spacial score (nSPS) is 22.8. The molecule has 2 nitrogen and oxygen atoms in total. The third kappa shape index (κ3) is 1.27. The molecule has 0 radical (unpaired) electrons. The zero-order valence-corrected chi connectivity index (χ0v) is 6.34. The van der Waals surface area contributed by atoms with Gasteiger partial charge in [-0.25, -0.2) is 0 Å². The van der Waals surface area contributed by atoms with E-state index in [1.807, 2.05) is 18.2 Å². The highest BCUT2D eigenvalue weighted by Crippen LogP contribution is 2.09. The number of hydrogen-bond acceptors (Lipinski definition) is 1. The standard InChI is InChI=1S/C9H11NO/c11-10-6-5-8-3-1-2-4-9(8)7-10/h1-4,10H,5-7H2. The Kier molecular flexibility index (Phi) is 1.64. The topological polar surface area (TPSA) is 27.5 Å². The first-order valence-electron chi connectivity index (χ1n) is 3.95. The minimum Gasteiger partial charge on any atom is -0.634 e. The highest BCUT2D eigenvalue weighted by Gasteiger charge is 2.11. The lowest BCUT2D eigenvalue weighted by Crippen LogP contribution is -3.06. The largest absolute Gasteiger partial charge is 0.634 e. The van der Waals surface area contributed by atoms with Gasteiger partial charge in [-0.15, -0.1) is 0 Å². The highest BCUT2D eigenvalue weighted by molar-refractivity contribution is 5.27. The number of rotatable bonds is 0. The summed E-state index contributed by atoms with van der Waals surface area (Å²) in [5, 5.41) is 11.4.